The predicted octanol–water partition coefficient (Wildman–Crippen LogP) is 4.68. The third kappa shape index (κ3) is 5.66. The zero-order valence-corrected chi connectivity index (χ0v) is 20.5. The molecule has 3 aromatic carbocycles. The molecule has 0 aliphatic carbocycles. The number of carbonyl (C=O) groups is 1. The molecule has 3 aromatic rings. The highest BCUT2D eigenvalue weighted by Gasteiger charge is 2.27. The third-order valence-corrected chi connectivity index (χ3v) is 6.29. The van der Waals surface area contributed by atoms with Crippen LogP contribution in [0.1, 0.15) is 27.0 Å². The van der Waals surface area contributed by atoms with Gasteiger partial charge in [0.15, 0.2) is 11.5 Å². The van der Waals surface area contributed by atoms with Crippen LogP contribution >= 0.6 is 0 Å². The lowest BCUT2D eigenvalue weighted by Gasteiger charge is -2.26. The number of hydrogen-bond acceptors (Lipinski definition) is 5. The number of anilines is 2. The van der Waals surface area contributed by atoms with Gasteiger partial charge in [0, 0.05) is 17.3 Å². The van der Waals surface area contributed by atoms with Crippen LogP contribution < -0.4 is 19.1 Å². The summed E-state index contributed by atoms with van der Waals surface area (Å²) in [6.45, 7) is 3.50. The van der Waals surface area contributed by atoms with Crippen molar-refractivity contribution in [3.63, 3.8) is 0 Å². The van der Waals surface area contributed by atoms with E-state index in [1.165, 1.54) is 44.6 Å². The number of nitrogens with zero attached hydrogens (tertiary/aromatic N) is 1. The van der Waals surface area contributed by atoms with E-state index in [4.69, 9.17) is 9.47 Å². The van der Waals surface area contributed by atoms with Crippen molar-refractivity contribution in [1.29, 1.82) is 0 Å². The molecule has 3 rings (SSSR count). The fourth-order valence-corrected chi connectivity index (χ4v) is 4.55. The molecule has 0 spiro atoms. The van der Waals surface area contributed by atoms with Gasteiger partial charge in [0.05, 0.1) is 38.3 Å². The number of hydrogen-bond donors (Lipinski definition) is 1. The Hall–Kier alpha value is -3.59. The maximum Gasteiger partial charge on any atom is 0.257 e. The van der Waals surface area contributed by atoms with Crippen molar-refractivity contribution in [1.82, 2.24) is 0 Å². The lowest BCUT2D eigenvalue weighted by Crippen LogP contribution is -2.32. The summed E-state index contributed by atoms with van der Waals surface area (Å²) in [5.41, 5.74) is 2.69. The lowest BCUT2D eigenvalue weighted by atomic mass is 10.1. The van der Waals surface area contributed by atoms with Crippen molar-refractivity contribution >= 4 is 27.3 Å². The Morgan fingerprint density at radius 1 is 0.971 bits per heavy atom. The minimum Gasteiger partial charge on any atom is -0.493 e. The van der Waals surface area contributed by atoms with Gasteiger partial charge in [-0.2, -0.15) is 0 Å². The smallest absolute Gasteiger partial charge is 0.257 e. The summed E-state index contributed by atoms with van der Waals surface area (Å²) < 4.78 is 51.7. The van der Waals surface area contributed by atoms with Crippen molar-refractivity contribution < 1.29 is 27.1 Å². The molecule has 0 atom stereocenters. The SMILES string of the molecule is COc1cc(C(=O)Nc2cc(C)cc(C)c2)c(N(Cc2ccccc2F)S(C)(=O)=O)cc1OC. The Balaban J connectivity index is 2.16. The average molecular weight is 487 g/mol. The van der Waals surface area contributed by atoms with Gasteiger partial charge in [-0.25, -0.2) is 12.8 Å². The first kappa shape index (κ1) is 25.0. The van der Waals surface area contributed by atoms with Crippen molar-refractivity contribution in [3.05, 3.63) is 82.7 Å². The normalized spacial score (nSPS) is 11.1. The van der Waals surface area contributed by atoms with E-state index in [2.05, 4.69) is 5.32 Å². The number of halogens is 1. The van der Waals surface area contributed by atoms with Crippen molar-refractivity contribution in [3.8, 4) is 11.5 Å². The van der Waals surface area contributed by atoms with Crippen molar-refractivity contribution in [2.45, 2.75) is 20.4 Å². The summed E-state index contributed by atoms with van der Waals surface area (Å²) in [6.07, 6.45) is 0.996. The molecule has 1 amide bonds. The number of benzene rings is 3. The molecule has 0 saturated heterocycles. The van der Waals surface area contributed by atoms with Gasteiger partial charge in [-0.15, -0.1) is 0 Å². The van der Waals surface area contributed by atoms with Gasteiger partial charge in [0.25, 0.3) is 5.91 Å². The number of rotatable bonds is 8. The van der Waals surface area contributed by atoms with E-state index in [9.17, 15) is 17.6 Å². The number of aryl methyl sites for hydroxylation is 2. The van der Waals surface area contributed by atoms with Gasteiger partial charge in [0.1, 0.15) is 5.82 Å². The first-order chi connectivity index (χ1) is 16.0. The summed E-state index contributed by atoms with van der Waals surface area (Å²) in [5.74, 6) is -0.639. The second kappa shape index (κ2) is 10.1. The molecule has 7 nitrogen and oxygen atoms in total. The number of carbonyl (C=O) groups excluding carboxylic acids is 1. The molecule has 0 heterocycles. The highest BCUT2D eigenvalue weighted by molar-refractivity contribution is 7.92. The molecule has 180 valence electrons. The minimum atomic E-state index is -3.93. The van der Waals surface area contributed by atoms with Crippen LogP contribution in [-0.2, 0) is 16.6 Å². The Kier molecular flexibility index (Phi) is 7.46. The quantitative estimate of drug-likeness (QED) is 0.500. The first-order valence-electron chi connectivity index (χ1n) is 10.4. The Bertz CT molecular complexity index is 1300. The molecule has 9 heteroatoms. The van der Waals surface area contributed by atoms with E-state index in [0.717, 1.165) is 21.7 Å². The van der Waals surface area contributed by atoms with Crippen molar-refractivity contribution in [2.75, 3.05) is 30.1 Å². The summed E-state index contributed by atoms with van der Waals surface area (Å²) in [4.78, 5) is 13.4. The fourth-order valence-electron chi connectivity index (χ4n) is 3.66. The van der Waals surface area contributed by atoms with Gasteiger partial charge in [0.2, 0.25) is 10.0 Å². The van der Waals surface area contributed by atoms with Crippen LogP contribution in [0.5, 0.6) is 11.5 Å². The second-order valence-corrected chi connectivity index (χ2v) is 9.82. The van der Waals surface area contributed by atoms with E-state index >= 15 is 0 Å². The molecule has 0 unspecified atom stereocenters. The highest BCUT2D eigenvalue weighted by atomic mass is 32.2. The summed E-state index contributed by atoms with van der Waals surface area (Å²) >= 11 is 0. The topological polar surface area (TPSA) is 84.9 Å². The van der Waals surface area contributed by atoms with Crippen LogP contribution in [-0.4, -0.2) is 34.8 Å². The van der Waals surface area contributed by atoms with Gasteiger partial charge in [-0.3, -0.25) is 9.10 Å². The van der Waals surface area contributed by atoms with E-state index in [1.807, 2.05) is 19.9 Å². The summed E-state index contributed by atoms with van der Waals surface area (Å²) in [7, 11) is -1.11. The second-order valence-electron chi connectivity index (χ2n) is 7.92. The van der Waals surface area contributed by atoms with Crippen LogP contribution in [0.2, 0.25) is 0 Å². The Morgan fingerprint density at radius 2 is 1.56 bits per heavy atom. The molecular formula is C25H27FN2O5S. The van der Waals surface area contributed by atoms with Gasteiger partial charge in [-0.1, -0.05) is 24.3 Å². The maximum atomic E-state index is 14.4. The van der Waals surface area contributed by atoms with Crippen LogP contribution in [0.25, 0.3) is 0 Å². The van der Waals surface area contributed by atoms with Gasteiger partial charge >= 0.3 is 0 Å². The van der Waals surface area contributed by atoms with Gasteiger partial charge < -0.3 is 14.8 Å². The van der Waals surface area contributed by atoms with Crippen LogP contribution in [0.3, 0.4) is 0 Å². The average Bonchev–Trinajstić information content (AvgIpc) is 2.76. The van der Waals surface area contributed by atoms with E-state index in [1.54, 1.807) is 18.2 Å². The maximum absolute atomic E-state index is 14.4. The number of nitrogens with one attached hydrogen (secondary N) is 1. The summed E-state index contributed by atoms with van der Waals surface area (Å²) in [5, 5.41) is 2.82. The zero-order valence-electron chi connectivity index (χ0n) is 19.7. The summed E-state index contributed by atoms with van der Waals surface area (Å²) in [6, 6.07) is 14.3. The molecule has 0 aromatic heterocycles. The number of methoxy groups -OCH3 is 2. The van der Waals surface area contributed by atoms with E-state index in [-0.39, 0.29) is 34.9 Å². The molecular weight excluding hydrogens is 459 g/mol. The minimum absolute atomic E-state index is 0.0265. The molecule has 0 bridgehead atoms. The van der Waals surface area contributed by atoms with Crippen LogP contribution in [0.15, 0.2) is 54.6 Å². The standard InChI is InChI=1S/C25H27FN2O5S/c1-16-10-17(2)12-19(11-16)27-25(29)20-13-23(32-3)24(33-4)14-22(20)28(34(5,30)31)15-18-8-6-7-9-21(18)26/h6-14H,15H2,1-5H3,(H,27,29). The Morgan fingerprint density at radius 3 is 2.12 bits per heavy atom. The fraction of sp³-hybridized carbons (Fsp3) is 0.240. The largest absolute Gasteiger partial charge is 0.493 e. The lowest BCUT2D eigenvalue weighted by molar-refractivity contribution is 0.102. The molecule has 0 fully saturated rings. The third-order valence-electron chi connectivity index (χ3n) is 5.17. The molecule has 0 radical (unpaired) electrons. The molecule has 0 aliphatic rings. The number of sulfonamides is 1. The first-order valence-corrected chi connectivity index (χ1v) is 12.2. The van der Waals surface area contributed by atoms with Gasteiger partial charge in [-0.05, 0) is 49.2 Å². The van der Waals surface area contributed by atoms with Crippen LogP contribution in [0, 0.1) is 19.7 Å². The molecule has 1 N–H and O–H groups in total. The predicted molar refractivity (Wildman–Crippen MR) is 131 cm³/mol. The number of ether oxygens (including phenoxy) is 2. The van der Waals surface area contributed by atoms with Crippen molar-refractivity contribution in [2.24, 2.45) is 0 Å². The number of amides is 1. The molecule has 0 aliphatic heterocycles. The Labute approximate surface area is 199 Å². The van der Waals surface area contributed by atoms with E-state index in [0.29, 0.717) is 5.69 Å². The highest BCUT2D eigenvalue weighted by Crippen LogP contribution is 2.37. The monoisotopic (exact) mass is 486 g/mol. The molecule has 34 heavy (non-hydrogen) atoms. The van der Waals surface area contributed by atoms with E-state index < -0.39 is 21.7 Å². The van der Waals surface area contributed by atoms with Crippen LogP contribution in [0.4, 0.5) is 15.8 Å². The molecule has 0 saturated carbocycles. The zero-order chi connectivity index (χ0) is 25.0.